The van der Waals surface area contributed by atoms with E-state index in [9.17, 15) is 0 Å². The van der Waals surface area contributed by atoms with Crippen molar-refractivity contribution in [2.24, 2.45) is 0 Å². The van der Waals surface area contributed by atoms with Crippen LogP contribution < -0.4 is 0 Å². The van der Waals surface area contributed by atoms with Crippen LogP contribution in [0.25, 0.3) is 246 Å². The summed E-state index contributed by atoms with van der Waals surface area (Å²) in [6, 6.07) is 154. The van der Waals surface area contributed by atoms with Crippen molar-refractivity contribution in [2.75, 3.05) is 0 Å². The maximum absolute atomic E-state index is 6.37. The molecule has 0 N–H and O–H groups in total. The zero-order valence-corrected chi connectivity index (χ0v) is 77.2. The standard InChI is InChI=1S/C47H31NO.C43H29NS.C41H31N/c1-47(2)41-17-9-8-16-36(41)38-26-40-39-23-29(46-24-28-11-3-10-18-45(28)49-46)19-22-43(39)48(44(40)27-42(38)47)30-20-21-35-33-14-5-4-12-31(33)32-13-6-7-15-34(32)37(35)25-30;1-43(2)38-15-8-7-14-33(38)35-24-37-36-22-26(42-16-9-21-45-42)17-20-40(36)44(41(37)25-39(35)43)27-18-19-32-30-12-4-3-10-28(30)29-11-5-6-13-31(29)34(32)23-27;1-3-41(4-2)37-19-11-9-17-32(37)35-24-36-33-18-10-12-20-39(33)42(40(36)25-38(35)41)26-21-22-31-29-15-6-5-13-27(29)28-14-7-8-16-30(28)34(31)23-26/h3-27H,1-2H3;3-25H,1-2H3;5-25H,3-4H2,1-2H3. The Morgan fingerprint density at radius 2 is 0.544 bits per heavy atom. The molecular weight excluding hydrogens is 1660 g/mol. The van der Waals surface area contributed by atoms with Crippen molar-refractivity contribution in [3.05, 3.63) is 451 Å². The van der Waals surface area contributed by atoms with Gasteiger partial charge in [0.05, 0.1) is 33.1 Å². The molecule has 22 aromatic carbocycles. The van der Waals surface area contributed by atoms with Gasteiger partial charge in [0.2, 0.25) is 0 Å². The molecule has 0 unspecified atom stereocenters. The van der Waals surface area contributed by atoms with Crippen LogP contribution in [0.1, 0.15) is 87.8 Å². The molecule has 3 aliphatic rings. The molecule has 0 bridgehead atoms. The van der Waals surface area contributed by atoms with Crippen molar-refractivity contribution in [1.29, 1.82) is 0 Å². The van der Waals surface area contributed by atoms with E-state index in [0.29, 0.717) is 0 Å². The van der Waals surface area contributed by atoms with E-state index in [1.54, 1.807) is 11.3 Å². The molecule has 0 atom stereocenters. The average molecular weight is 1760 g/mol. The number of hydrogen-bond donors (Lipinski definition) is 0. The lowest BCUT2D eigenvalue weighted by molar-refractivity contribution is 0.491. The second-order valence-corrected chi connectivity index (χ2v) is 39.9. The largest absolute Gasteiger partial charge is 0.456 e. The molecule has 4 nitrogen and oxygen atoms in total. The van der Waals surface area contributed by atoms with Crippen LogP contribution in [0.5, 0.6) is 0 Å². The molecule has 0 amide bonds. The van der Waals surface area contributed by atoms with E-state index >= 15 is 0 Å². The SMILES string of the molecule is CC1(C)c2ccccc2-c2cc3c4cc(-c5cc6ccccc6o5)ccc4n(-c4ccc5c6ccccc6c6ccccc6c5c4)c3cc21.CC1(C)c2ccccc2-c2cc3c4cc(-c5cccs5)ccc4n(-c4ccc5c6ccccc6c6ccccc6c5c4)c3cc21.CCC1(CC)c2ccccc2-c2cc3c4ccccc4n(-c4ccc5c6ccccc6c6ccccc6c5c4)c3cc21. The van der Waals surface area contributed by atoms with E-state index in [4.69, 9.17) is 4.42 Å². The molecule has 0 saturated carbocycles. The van der Waals surface area contributed by atoms with Crippen LogP contribution in [0.3, 0.4) is 0 Å². The Morgan fingerprint density at radius 1 is 0.221 bits per heavy atom. The number of thiophene rings is 1. The lowest BCUT2D eigenvalue weighted by Crippen LogP contribution is -2.23. The first kappa shape index (κ1) is 78.5. The van der Waals surface area contributed by atoms with Crippen molar-refractivity contribution in [3.8, 4) is 72.2 Å². The van der Waals surface area contributed by atoms with E-state index in [1.165, 1.54) is 251 Å². The number of hydrogen-bond acceptors (Lipinski definition) is 2. The van der Waals surface area contributed by atoms with Crippen molar-refractivity contribution < 1.29 is 4.42 Å². The molecule has 3 aliphatic carbocycles. The normalized spacial score (nSPS) is 13.8. The summed E-state index contributed by atoms with van der Waals surface area (Å²) < 4.78 is 13.9. The number of para-hydroxylation sites is 2. The lowest BCUT2D eigenvalue weighted by atomic mass is 9.74. The molecular formula is C131H91N3OS. The molecule has 5 heterocycles. The van der Waals surface area contributed by atoms with Gasteiger partial charge in [0.25, 0.3) is 0 Å². The van der Waals surface area contributed by atoms with E-state index in [0.717, 1.165) is 40.8 Å². The third-order valence-corrected chi connectivity index (χ3v) is 32.6. The summed E-state index contributed by atoms with van der Waals surface area (Å²) in [4.78, 5) is 1.30. The number of nitrogens with zero attached hydrogens (tertiary/aromatic N) is 3. The second kappa shape index (κ2) is 29.4. The fraction of sp³-hybridized carbons (Fsp3) is 0.0840. The first-order valence-corrected chi connectivity index (χ1v) is 48.9. The minimum Gasteiger partial charge on any atom is -0.456 e. The number of aromatic nitrogens is 3. The first-order chi connectivity index (χ1) is 66.8. The van der Waals surface area contributed by atoms with E-state index in [1.807, 2.05) is 12.1 Å². The zero-order chi connectivity index (χ0) is 90.3. The van der Waals surface area contributed by atoms with Gasteiger partial charge in [-0.2, -0.15) is 0 Å². The highest BCUT2D eigenvalue weighted by Gasteiger charge is 2.42. The Hall–Kier alpha value is -16.2. The molecule has 30 rings (SSSR count). The van der Waals surface area contributed by atoms with Gasteiger partial charge in [-0.25, -0.2) is 0 Å². The van der Waals surface area contributed by atoms with Crippen LogP contribution >= 0.6 is 11.3 Å². The number of furan rings is 1. The lowest BCUT2D eigenvalue weighted by Gasteiger charge is -2.29. The van der Waals surface area contributed by atoms with Gasteiger partial charge >= 0.3 is 0 Å². The Morgan fingerprint density at radius 3 is 0.963 bits per heavy atom. The highest BCUT2D eigenvalue weighted by Crippen LogP contribution is 2.58. The summed E-state index contributed by atoms with van der Waals surface area (Å²) >= 11 is 1.80. The summed E-state index contributed by atoms with van der Waals surface area (Å²) in [5.74, 6) is 0.890. The number of benzene rings is 22. The van der Waals surface area contributed by atoms with Crippen LogP contribution in [0, 0.1) is 0 Å². The highest BCUT2D eigenvalue weighted by atomic mass is 32.1. The topological polar surface area (TPSA) is 27.9 Å². The van der Waals surface area contributed by atoms with Crippen LogP contribution in [0.15, 0.2) is 422 Å². The smallest absolute Gasteiger partial charge is 0.135 e. The fourth-order valence-corrected chi connectivity index (χ4v) is 25.9. The molecule has 5 aromatic heterocycles. The van der Waals surface area contributed by atoms with Crippen molar-refractivity contribution in [3.63, 3.8) is 0 Å². The molecule has 5 heteroatoms. The van der Waals surface area contributed by atoms with Crippen LogP contribution in [-0.4, -0.2) is 13.7 Å². The summed E-state index contributed by atoms with van der Waals surface area (Å²) in [6.45, 7) is 14.2. The van der Waals surface area contributed by atoms with Gasteiger partial charge in [-0.15, -0.1) is 11.3 Å². The predicted molar refractivity (Wildman–Crippen MR) is 580 cm³/mol. The summed E-state index contributed by atoms with van der Waals surface area (Å²) in [7, 11) is 0. The van der Waals surface area contributed by atoms with Gasteiger partial charge in [-0.1, -0.05) is 327 Å². The Balaban J connectivity index is 0.000000101. The summed E-state index contributed by atoms with van der Waals surface area (Å²) in [5.41, 5.74) is 30.9. The first-order valence-electron chi connectivity index (χ1n) is 48.0. The molecule has 0 aliphatic heterocycles. The maximum Gasteiger partial charge on any atom is 0.135 e. The number of rotatable bonds is 7. The molecule has 136 heavy (non-hydrogen) atoms. The van der Waals surface area contributed by atoms with Gasteiger partial charge in [0.1, 0.15) is 11.3 Å². The number of fused-ring (bicyclic) bond motifs is 37. The predicted octanol–water partition coefficient (Wildman–Crippen LogP) is 36.6. The Bertz CT molecular complexity index is 9720. The minimum atomic E-state index is -0.0979. The highest BCUT2D eigenvalue weighted by molar-refractivity contribution is 7.13. The Kier molecular flexibility index (Phi) is 17.0. The van der Waals surface area contributed by atoms with E-state index < -0.39 is 0 Å². The van der Waals surface area contributed by atoms with Crippen molar-refractivity contribution in [2.45, 2.75) is 70.6 Å². The van der Waals surface area contributed by atoms with Gasteiger partial charge in [0.15, 0.2) is 0 Å². The van der Waals surface area contributed by atoms with Crippen molar-refractivity contribution in [1.82, 2.24) is 13.7 Å². The third kappa shape index (κ3) is 11.2. The molecule has 0 saturated heterocycles. The van der Waals surface area contributed by atoms with E-state index in [-0.39, 0.29) is 16.2 Å². The molecule has 27 aromatic rings. The molecule has 642 valence electrons. The molecule has 0 spiro atoms. The second-order valence-electron chi connectivity index (χ2n) is 39.0. The molecule has 0 fully saturated rings. The monoisotopic (exact) mass is 1750 g/mol. The fourth-order valence-electron chi connectivity index (χ4n) is 25.2. The summed E-state index contributed by atoms with van der Waals surface area (Å²) in [6.07, 6.45) is 2.18. The van der Waals surface area contributed by atoms with Crippen LogP contribution in [0.2, 0.25) is 0 Å². The van der Waals surface area contributed by atoms with Gasteiger partial charge in [-0.3, -0.25) is 0 Å². The quantitative estimate of drug-likeness (QED) is 0.146. The Labute approximate surface area is 791 Å². The van der Waals surface area contributed by atoms with Crippen LogP contribution in [-0.2, 0) is 16.2 Å². The average Bonchev–Trinajstić information content (AvgIpc) is 1.56. The van der Waals surface area contributed by atoms with Crippen molar-refractivity contribution >= 4 is 185 Å². The molecule has 0 radical (unpaired) electrons. The summed E-state index contributed by atoms with van der Waals surface area (Å²) in [5, 5.41) is 34.4. The maximum atomic E-state index is 6.37. The van der Waals surface area contributed by atoms with Crippen LogP contribution in [0.4, 0.5) is 0 Å². The van der Waals surface area contributed by atoms with Gasteiger partial charge in [0, 0.05) is 81.5 Å². The van der Waals surface area contributed by atoms with Gasteiger partial charge < -0.3 is 18.1 Å². The minimum absolute atomic E-state index is 0.0416. The van der Waals surface area contributed by atoms with E-state index in [2.05, 4.69) is 461 Å². The van der Waals surface area contributed by atoms with Gasteiger partial charge in [-0.05, 0) is 315 Å². The zero-order valence-electron chi connectivity index (χ0n) is 76.4. The third-order valence-electron chi connectivity index (χ3n) is 31.7.